The number of rotatable bonds is 4. The van der Waals surface area contributed by atoms with E-state index < -0.39 is 7.92 Å². The molecule has 2 unspecified atom stereocenters. The molecule has 4 aromatic carbocycles. The maximum absolute atomic E-state index is 2.71. The van der Waals surface area contributed by atoms with Gasteiger partial charge >= 0.3 is 0 Å². The van der Waals surface area contributed by atoms with Crippen LogP contribution in [0.1, 0.15) is 26.7 Å². The maximum atomic E-state index is 2.71. The maximum Gasteiger partial charge on any atom is 0.0535 e. The molecule has 30 heavy (non-hydrogen) atoms. The number of fused-ring (bicyclic) bond motifs is 1. The average Bonchev–Trinajstić information content (AvgIpc) is 3.13. The molecule has 0 bridgehead atoms. The quantitative estimate of drug-likeness (QED) is 0.375. The van der Waals surface area contributed by atoms with Gasteiger partial charge in [-0.1, -0.05) is 97.1 Å². The number of benzene rings is 4. The van der Waals surface area contributed by atoms with Crippen molar-refractivity contribution in [3.63, 3.8) is 0 Å². The van der Waals surface area contributed by atoms with Gasteiger partial charge in [0.15, 0.2) is 0 Å². The Labute approximate surface area is 181 Å². The van der Waals surface area contributed by atoms with Crippen molar-refractivity contribution in [3.05, 3.63) is 97.1 Å². The van der Waals surface area contributed by atoms with Crippen LogP contribution >= 0.6 is 7.92 Å². The summed E-state index contributed by atoms with van der Waals surface area (Å²) in [6, 6.07) is 36.9. The van der Waals surface area contributed by atoms with Crippen LogP contribution in [0.4, 0.5) is 5.69 Å². The number of nitrogens with zero attached hydrogens (tertiary/aromatic N) is 1. The van der Waals surface area contributed by atoms with Crippen molar-refractivity contribution in [1.82, 2.24) is 0 Å². The predicted molar refractivity (Wildman–Crippen MR) is 133 cm³/mol. The molecule has 0 radical (unpaired) electrons. The fourth-order valence-electron chi connectivity index (χ4n) is 4.91. The van der Waals surface area contributed by atoms with Gasteiger partial charge in [0.1, 0.15) is 0 Å². The summed E-state index contributed by atoms with van der Waals surface area (Å²) in [5, 5.41) is 7.01. The van der Waals surface area contributed by atoms with Crippen molar-refractivity contribution in [3.8, 4) is 0 Å². The van der Waals surface area contributed by atoms with Crippen LogP contribution in [0.15, 0.2) is 97.1 Å². The normalized spacial score (nSPS) is 19.0. The van der Waals surface area contributed by atoms with Crippen LogP contribution in [0.2, 0.25) is 0 Å². The van der Waals surface area contributed by atoms with Gasteiger partial charge in [-0.05, 0) is 50.6 Å². The molecule has 2 atom stereocenters. The zero-order valence-electron chi connectivity index (χ0n) is 17.7. The smallest absolute Gasteiger partial charge is 0.0535 e. The highest BCUT2D eigenvalue weighted by molar-refractivity contribution is 7.80. The van der Waals surface area contributed by atoms with Gasteiger partial charge in [-0.3, -0.25) is 0 Å². The lowest BCUT2D eigenvalue weighted by molar-refractivity contribution is 0.698. The highest BCUT2D eigenvalue weighted by atomic mass is 31.1. The second kappa shape index (κ2) is 8.25. The Morgan fingerprint density at radius 3 is 1.77 bits per heavy atom. The first kappa shape index (κ1) is 19.3. The third kappa shape index (κ3) is 3.42. The first-order chi connectivity index (χ1) is 14.7. The molecule has 0 saturated carbocycles. The summed E-state index contributed by atoms with van der Waals surface area (Å²) < 4.78 is 0. The Hall–Kier alpha value is -2.63. The summed E-state index contributed by atoms with van der Waals surface area (Å²) in [4.78, 5) is 2.71. The summed E-state index contributed by atoms with van der Waals surface area (Å²) in [5.41, 5.74) is 1.45. The van der Waals surface area contributed by atoms with E-state index in [-0.39, 0.29) is 0 Å². The van der Waals surface area contributed by atoms with Crippen LogP contribution in [0.3, 0.4) is 0 Å². The molecule has 4 aromatic rings. The fourth-order valence-corrected chi connectivity index (χ4v) is 7.38. The molecule has 0 amide bonds. The van der Waals surface area contributed by atoms with Gasteiger partial charge in [0.05, 0.1) is 5.69 Å². The van der Waals surface area contributed by atoms with E-state index in [2.05, 4.69) is 116 Å². The molecule has 150 valence electrons. The highest BCUT2D eigenvalue weighted by Crippen LogP contribution is 2.42. The first-order valence-electron chi connectivity index (χ1n) is 10.9. The summed E-state index contributed by atoms with van der Waals surface area (Å²) in [6.07, 6.45) is 2.52. The minimum Gasteiger partial charge on any atom is -0.365 e. The van der Waals surface area contributed by atoms with Crippen molar-refractivity contribution in [2.45, 2.75) is 38.8 Å². The third-order valence-electron chi connectivity index (χ3n) is 6.36. The van der Waals surface area contributed by atoms with Gasteiger partial charge in [-0.25, -0.2) is 0 Å². The number of hydrogen-bond acceptors (Lipinski definition) is 1. The Morgan fingerprint density at radius 2 is 1.17 bits per heavy atom. The van der Waals surface area contributed by atoms with E-state index in [1.165, 1.54) is 45.2 Å². The van der Waals surface area contributed by atoms with Crippen molar-refractivity contribution >= 4 is 40.3 Å². The van der Waals surface area contributed by atoms with Crippen molar-refractivity contribution in [2.24, 2.45) is 0 Å². The second-order valence-corrected chi connectivity index (χ2v) is 10.5. The van der Waals surface area contributed by atoms with Crippen LogP contribution in [-0.2, 0) is 0 Å². The van der Waals surface area contributed by atoms with E-state index in [0.717, 1.165) is 0 Å². The number of anilines is 1. The molecule has 1 aliphatic heterocycles. The Morgan fingerprint density at radius 1 is 0.633 bits per heavy atom. The van der Waals surface area contributed by atoms with Crippen molar-refractivity contribution in [2.75, 3.05) is 4.90 Å². The van der Waals surface area contributed by atoms with Gasteiger partial charge in [0.2, 0.25) is 0 Å². The first-order valence-corrected chi connectivity index (χ1v) is 12.3. The molecule has 1 saturated heterocycles. The van der Waals surface area contributed by atoms with Gasteiger partial charge in [-0.15, -0.1) is 0 Å². The van der Waals surface area contributed by atoms with E-state index in [1.54, 1.807) is 0 Å². The van der Waals surface area contributed by atoms with Gasteiger partial charge < -0.3 is 4.90 Å². The Kier molecular flexibility index (Phi) is 5.32. The van der Waals surface area contributed by atoms with E-state index in [4.69, 9.17) is 0 Å². The molecule has 1 aliphatic rings. The lowest BCUT2D eigenvalue weighted by Gasteiger charge is -2.34. The summed E-state index contributed by atoms with van der Waals surface area (Å²) >= 11 is 0. The molecule has 5 rings (SSSR count). The van der Waals surface area contributed by atoms with Gasteiger partial charge in [-0.2, -0.15) is 0 Å². The summed E-state index contributed by atoms with van der Waals surface area (Å²) in [7, 11) is -0.636. The van der Waals surface area contributed by atoms with Crippen LogP contribution in [-0.4, -0.2) is 12.1 Å². The molecular weight excluding hydrogens is 381 g/mol. The van der Waals surface area contributed by atoms with Crippen LogP contribution in [0, 0.1) is 0 Å². The predicted octanol–water partition coefficient (Wildman–Crippen LogP) is 5.98. The molecule has 1 nitrogen and oxygen atoms in total. The molecule has 1 heterocycles. The third-order valence-corrected chi connectivity index (χ3v) is 8.83. The van der Waals surface area contributed by atoms with E-state index in [1.807, 2.05) is 0 Å². The van der Waals surface area contributed by atoms with Crippen molar-refractivity contribution < 1.29 is 0 Å². The van der Waals surface area contributed by atoms with Crippen LogP contribution in [0.5, 0.6) is 0 Å². The zero-order valence-corrected chi connectivity index (χ0v) is 18.6. The van der Waals surface area contributed by atoms with Crippen LogP contribution < -0.4 is 20.8 Å². The largest absolute Gasteiger partial charge is 0.365 e. The molecule has 0 aromatic heterocycles. The summed E-state index contributed by atoms with van der Waals surface area (Å²) in [6.45, 7) is 4.78. The molecular formula is C28H28NP. The van der Waals surface area contributed by atoms with Gasteiger partial charge in [0, 0.05) is 22.8 Å². The molecule has 1 fully saturated rings. The van der Waals surface area contributed by atoms with Crippen LogP contribution in [0.25, 0.3) is 10.8 Å². The number of hydrogen-bond donors (Lipinski definition) is 0. The van der Waals surface area contributed by atoms with E-state index in [0.29, 0.717) is 12.1 Å². The molecule has 0 N–H and O–H groups in total. The standard InChI is InChI=1S/C28H28NP/c1-21-17-18-22(2)29(21)28-26-16-10-9-11-23(26)19-20-27(28)30(24-12-5-3-6-13-24)25-14-7-4-8-15-25/h3-16,19-22H,17-18H2,1-2H3. The van der Waals surface area contributed by atoms with E-state index in [9.17, 15) is 0 Å². The fraction of sp³-hybridized carbons (Fsp3) is 0.214. The Bertz CT molecular complexity index is 1090. The monoisotopic (exact) mass is 409 g/mol. The van der Waals surface area contributed by atoms with Crippen molar-refractivity contribution in [1.29, 1.82) is 0 Å². The van der Waals surface area contributed by atoms with Gasteiger partial charge in [0.25, 0.3) is 0 Å². The molecule has 0 spiro atoms. The average molecular weight is 410 g/mol. The lowest BCUT2D eigenvalue weighted by Crippen LogP contribution is -2.37. The lowest BCUT2D eigenvalue weighted by atomic mass is 10.1. The molecule has 2 heteroatoms. The highest BCUT2D eigenvalue weighted by Gasteiger charge is 2.32. The minimum absolute atomic E-state index is 0.563. The zero-order chi connectivity index (χ0) is 20.5. The molecule has 0 aliphatic carbocycles. The minimum atomic E-state index is -0.636. The Balaban J connectivity index is 1.81. The van der Waals surface area contributed by atoms with E-state index >= 15 is 0 Å². The SMILES string of the molecule is CC1CCC(C)N1c1c(P(c2ccccc2)c2ccccc2)ccc2ccccc12. The topological polar surface area (TPSA) is 3.24 Å². The summed E-state index contributed by atoms with van der Waals surface area (Å²) in [5.74, 6) is 0. The second-order valence-electron chi connectivity index (χ2n) is 8.34.